The fourth-order valence-electron chi connectivity index (χ4n) is 2.44. The van der Waals surface area contributed by atoms with E-state index in [4.69, 9.17) is 5.11 Å². The Morgan fingerprint density at radius 3 is 2.89 bits per heavy atom. The molecule has 1 aromatic carbocycles. The first-order valence-corrected chi connectivity index (χ1v) is 7.13. The van der Waals surface area contributed by atoms with E-state index in [1.165, 1.54) is 18.9 Å². The van der Waals surface area contributed by atoms with Crippen molar-refractivity contribution in [1.29, 1.82) is 0 Å². The number of rotatable bonds is 3. The molecule has 2 unspecified atom stereocenters. The zero-order valence-electron chi connectivity index (χ0n) is 10.4. The molecule has 1 aliphatic carbocycles. The summed E-state index contributed by atoms with van der Waals surface area (Å²) in [5, 5.41) is 9.55. The predicted molar refractivity (Wildman–Crippen MR) is 70.6 cm³/mol. The van der Waals surface area contributed by atoms with Crippen molar-refractivity contribution in [2.24, 2.45) is 5.92 Å². The number of carbonyl (C=O) groups is 1. The van der Waals surface area contributed by atoms with E-state index in [0.717, 1.165) is 18.9 Å². The molecule has 0 bridgehead atoms. The molecule has 2 nitrogen and oxygen atoms in total. The highest BCUT2D eigenvalue weighted by molar-refractivity contribution is 8.00. The monoisotopic (exact) mass is 268 g/mol. The van der Waals surface area contributed by atoms with E-state index in [0.29, 0.717) is 16.1 Å². The van der Waals surface area contributed by atoms with E-state index in [2.05, 4.69) is 6.92 Å². The highest BCUT2D eigenvalue weighted by Crippen LogP contribution is 2.37. The van der Waals surface area contributed by atoms with Gasteiger partial charge in [0.15, 0.2) is 0 Å². The van der Waals surface area contributed by atoms with Gasteiger partial charge in [0, 0.05) is 10.1 Å². The number of hydrogen-bond donors (Lipinski definition) is 1. The number of benzene rings is 1. The molecule has 2 rings (SSSR count). The average Bonchev–Trinajstić information content (AvgIpc) is 2.31. The summed E-state index contributed by atoms with van der Waals surface area (Å²) in [7, 11) is 0. The summed E-state index contributed by atoms with van der Waals surface area (Å²) in [6, 6.07) is 4.03. The Balaban J connectivity index is 2.15. The van der Waals surface area contributed by atoms with Crippen molar-refractivity contribution >= 4 is 17.7 Å². The molecular weight excluding hydrogens is 251 g/mol. The van der Waals surface area contributed by atoms with Gasteiger partial charge in [-0.2, -0.15) is 0 Å². The minimum absolute atomic E-state index is 0.0817. The summed E-state index contributed by atoms with van der Waals surface area (Å²) < 4.78 is 13.1. The standard InChI is InChI=1S/C14H17FO2S/c1-9-3-2-4-11(7-9)18-13-6-5-10(15)8-12(13)14(16)17/h5-6,8-9,11H,2-4,7H2,1H3,(H,16,17). The zero-order chi connectivity index (χ0) is 13.1. The lowest BCUT2D eigenvalue weighted by Gasteiger charge is -2.26. The molecule has 1 N–H and O–H groups in total. The van der Waals surface area contributed by atoms with E-state index in [1.807, 2.05) is 0 Å². The number of hydrogen-bond acceptors (Lipinski definition) is 2. The van der Waals surface area contributed by atoms with Crippen LogP contribution in [0, 0.1) is 11.7 Å². The first kappa shape index (κ1) is 13.4. The third kappa shape index (κ3) is 3.25. The van der Waals surface area contributed by atoms with E-state index in [9.17, 15) is 9.18 Å². The van der Waals surface area contributed by atoms with Gasteiger partial charge in [0.2, 0.25) is 0 Å². The van der Waals surface area contributed by atoms with Gasteiger partial charge < -0.3 is 5.11 Å². The summed E-state index contributed by atoms with van der Waals surface area (Å²) in [6.07, 6.45) is 4.68. The van der Waals surface area contributed by atoms with Crippen LogP contribution in [0.1, 0.15) is 43.0 Å². The number of aromatic carboxylic acids is 1. The minimum Gasteiger partial charge on any atom is -0.478 e. The highest BCUT2D eigenvalue weighted by atomic mass is 32.2. The molecule has 0 spiro atoms. The maximum Gasteiger partial charge on any atom is 0.336 e. The molecule has 18 heavy (non-hydrogen) atoms. The summed E-state index contributed by atoms with van der Waals surface area (Å²) in [4.78, 5) is 11.8. The quantitative estimate of drug-likeness (QED) is 0.893. The summed E-state index contributed by atoms with van der Waals surface area (Å²) in [5.41, 5.74) is 0.0817. The molecule has 1 saturated carbocycles. The van der Waals surface area contributed by atoms with Crippen molar-refractivity contribution in [3.8, 4) is 0 Å². The van der Waals surface area contributed by atoms with Gasteiger partial charge in [0.1, 0.15) is 5.82 Å². The molecule has 0 radical (unpaired) electrons. The molecule has 0 amide bonds. The molecule has 4 heteroatoms. The van der Waals surface area contributed by atoms with Gasteiger partial charge in [-0.25, -0.2) is 9.18 Å². The fraction of sp³-hybridized carbons (Fsp3) is 0.500. The fourth-order valence-corrected chi connectivity index (χ4v) is 3.93. The number of halogens is 1. The molecule has 0 aromatic heterocycles. The Morgan fingerprint density at radius 1 is 1.44 bits per heavy atom. The lowest BCUT2D eigenvalue weighted by Crippen LogP contribution is -2.15. The lowest BCUT2D eigenvalue weighted by molar-refractivity contribution is 0.0692. The Labute approximate surface area is 111 Å². The van der Waals surface area contributed by atoms with Crippen molar-refractivity contribution < 1.29 is 14.3 Å². The lowest BCUT2D eigenvalue weighted by atomic mass is 9.91. The van der Waals surface area contributed by atoms with E-state index < -0.39 is 11.8 Å². The van der Waals surface area contributed by atoms with Gasteiger partial charge in [0.05, 0.1) is 5.56 Å². The first-order chi connectivity index (χ1) is 8.56. The van der Waals surface area contributed by atoms with Crippen LogP contribution in [0.2, 0.25) is 0 Å². The van der Waals surface area contributed by atoms with Crippen molar-refractivity contribution in [1.82, 2.24) is 0 Å². The van der Waals surface area contributed by atoms with Crippen LogP contribution in [-0.2, 0) is 0 Å². The van der Waals surface area contributed by atoms with Crippen LogP contribution in [0.5, 0.6) is 0 Å². The van der Waals surface area contributed by atoms with Crippen molar-refractivity contribution in [2.45, 2.75) is 42.8 Å². The predicted octanol–water partition coefficient (Wildman–Crippen LogP) is 4.19. The summed E-state index contributed by atoms with van der Waals surface area (Å²) in [5.74, 6) is -0.848. The van der Waals surface area contributed by atoms with Gasteiger partial charge in [0.25, 0.3) is 0 Å². The average molecular weight is 268 g/mol. The van der Waals surface area contributed by atoms with Crippen LogP contribution in [0.25, 0.3) is 0 Å². The molecule has 0 saturated heterocycles. The Hall–Kier alpha value is -1.03. The van der Waals surface area contributed by atoms with Gasteiger partial charge >= 0.3 is 5.97 Å². The third-order valence-electron chi connectivity index (χ3n) is 3.35. The number of thioether (sulfide) groups is 1. The summed E-state index contributed by atoms with van der Waals surface area (Å²) >= 11 is 1.58. The molecule has 1 aromatic rings. The van der Waals surface area contributed by atoms with Gasteiger partial charge in [-0.3, -0.25) is 0 Å². The van der Waals surface area contributed by atoms with Crippen LogP contribution >= 0.6 is 11.8 Å². The SMILES string of the molecule is CC1CCCC(Sc2ccc(F)cc2C(=O)O)C1. The smallest absolute Gasteiger partial charge is 0.336 e. The Kier molecular flexibility index (Phi) is 4.27. The van der Waals surface area contributed by atoms with Crippen molar-refractivity contribution in [2.75, 3.05) is 0 Å². The second-order valence-corrected chi connectivity index (χ2v) is 6.30. The normalized spacial score (nSPS) is 23.9. The van der Waals surface area contributed by atoms with Gasteiger partial charge in [-0.1, -0.05) is 19.8 Å². The molecule has 0 aliphatic heterocycles. The zero-order valence-corrected chi connectivity index (χ0v) is 11.2. The maximum absolute atomic E-state index is 13.1. The molecule has 0 heterocycles. The number of carboxylic acids is 1. The Bertz CT molecular complexity index is 447. The molecule has 1 aliphatic rings. The molecular formula is C14H17FO2S. The van der Waals surface area contributed by atoms with Crippen LogP contribution in [0.3, 0.4) is 0 Å². The van der Waals surface area contributed by atoms with Crippen LogP contribution in [0.4, 0.5) is 4.39 Å². The van der Waals surface area contributed by atoms with Crippen molar-refractivity contribution in [3.05, 3.63) is 29.6 Å². The highest BCUT2D eigenvalue weighted by Gasteiger charge is 2.22. The molecule has 2 atom stereocenters. The molecule has 98 valence electrons. The largest absolute Gasteiger partial charge is 0.478 e. The summed E-state index contributed by atoms with van der Waals surface area (Å²) in [6.45, 7) is 2.23. The second kappa shape index (κ2) is 5.74. The first-order valence-electron chi connectivity index (χ1n) is 6.25. The van der Waals surface area contributed by atoms with E-state index >= 15 is 0 Å². The molecule has 1 fully saturated rings. The minimum atomic E-state index is -1.05. The van der Waals surface area contributed by atoms with Crippen molar-refractivity contribution in [3.63, 3.8) is 0 Å². The van der Waals surface area contributed by atoms with E-state index in [-0.39, 0.29) is 5.56 Å². The topological polar surface area (TPSA) is 37.3 Å². The van der Waals surface area contributed by atoms with Gasteiger partial charge in [-0.15, -0.1) is 11.8 Å². The van der Waals surface area contributed by atoms with Crippen LogP contribution < -0.4 is 0 Å². The van der Waals surface area contributed by atoms with Gasteiger partial charge in [-0.05, 0) is 37.0 Å². The van der Waals surface area contributed by atoms with Crippen LogP contribution in [0.15, 0.2) is 23.1 Å². The maximum atomic E-state index is 13.1. The Morgan fingerprint density at radius 2 is 2.22 bits per heavy atom. The third-order valence-corrected chi connectivity index (χ3v) is 4.73. The number of carboxylic acid groups (broad SMARTS) is 1. The van der Waals surface area contributed by atoms with Crippen LogP contribution in [-0.4, -0.2) is 16.3 Å². The second-order valence-electron chi connectivity index (χ2n) is 4.96. The van der Waals surface area contributed by atoms with E-state index in [1.54, 1.807) is 17.8 Å².